The van der Waals surface area contributed by atoms with Gasteiger partial charge in [-0.25, -0.2) is 4.79 Å². The lowest BCUT2D eigenvalue weighted by molar-refractivity contribution is -0.167. The minimum Gasteiger partial charge on any atom is -0.461 e. The van der Waals surface area contributed by atoms with Crippen molar-refractivity contribution < 1.29 is 19.4 Å². The molecule has 4 bridgehead atoms. The summed E-state index contributed by atoms with van der Waals surface area (Å²) in [6, 6.07) is -0.608. The number of likely N-dealkylation sites (tertiary alicyclic amines) is 1. The highest BCUT2D eigenvalue weighted by Crippen LogP contribution is 2.60. The molecule has 4 saturated carbocycles. The number of carbonyl (C=O) groups excluding carboxylic acids is 2. The fourth-order valence-corrected chi connectivity index (χ4v) is 6.25. The van der Waals surface area contributed by atoms with Gasteiger partial charge in [-0.3, -0.25) is 4.79 Å². The van der Waals surface area contributed by atoms with Crippen molar-refractivity contribution in [3.8, 4) is 0 Å². The van der Waals surface area contributed by atoms with Crippen LogP contribution in [0.25, 0.3) is 0 Å². The van der Waals surface area contributed by atoms with Gasteiger partial charge in [-0.15, -0.1) is 0 Å². The molecule has 0 aromatic heterocycles. The van der Waals surface area contributed by atoms with Crippen LogP contribution in [0.5, 0.6) is 0 Å². The number of aliphatic hydroxyl groups is 1. The van der Waals surface area contributed by atoms with Crippen LogP contribution in [0.1, 0.15) is 58.8 Å². The van der Waals surface area contributed by atoms with Gasteiger partial charge < -0.3 is 14.7 Å². The Kier molecular flexibility index (Phi) is 3.90. The van der Waals surface area contributed by atoms with E-state index in [0.29, 0.717) is 24.2 Å². The number of ether oxygens (including phenoxy) is 1. The molecule has 0 aromatic rings. The first kappa shape index (κ1) is 16.4. The fourth-order valence-electron chi connectivity index (χ4n) is 6.25. The van der Waals surface area contributed by atoms with Crippen LogP contribution >= 0.6 is 0 Å². The molecule has 0 aromatic carbocycles. The van der Waals surface area contributed by atoms with Crippen LogP contribution in [-0.4, -0.2) is 46.7 Å². The summed E-state index contributed by atoms with van der Waals surface area (Å²) in [6.07, 6.45) is 6.29. The quantitative estimate of drug-likeness (QED) is 0.802. The third kappa shape index (κ3) is 2.65. The summed E-state index contributed by atoms with van der Waals surface area (Å²) >= 11 is 0. The molecule has 2 atom stereocenters. The molecule has 5 heteroatoms. The van der Waals surface area contributed by atoms with E-state index in [0.717, 1.165) is 19.3 Å². The normalized spacial score (nSPS) is 43.5. The van der Waals surface area contributed by atoms with Crippen molar-refractivity contribution in [2.45, 2.75) is 77.0 Å². The number of carbonyl (C=O) groups is 2. The number of amides is 1. The number of esters is 1. The Hall–Kier alpha value is -1.10. The minimum atomic E-state index is -0.618. The van der Waals surface area contributed by atoms with Crippen molar-refractivity contribution in [3.05, 3.63) is 0 Å². The zero-order chi connectivity index (χ0) is 17.1. The summed E-state index contributed by atoms with van der Waals surface area (Å²) in [5, 5.41) is 10.1. The van der Waals surface area contributed by atoms with E-state index >= 15 is 0 Å². The Morgan fingerprint density at radius 1 is 1.04 bits per heavy atom. The average Bonchev–Trinajstić information content (AvgIpc) is 2.86. The van der Waals surface area contributed by atoms with Crippen LogP contribution in [0.15, 0.2) is 0 Å². The van der Waals surface area contributed by atoms with E-state index in [4.69, 9.17) is 4.74 Å². The summed E-state index contributed by atoms with van der Waals surface area (Å²) < 4.78 is 5.34. The first-order chi connectivity index (χ1) is 11.4. The van der Waals surface area contributed by atoms with Gasteiger partial charge >= 0.3 is 5.97 Å². The Bertz CT molecular complexity index is 508. The molecule has 134 valence electrons. The Morgan fingerprint density at radius 2 is 1.58 bits per heavy atom. The van der Waals surface area contributed by atoms with E-state index in [1.54, 1.807) is 4.90 Å². The number of hydrogen-bond donors (Lipinski definition) is 1. The van der Waals surface area contributed by atoms with Crippen molar-refractivity contribution in [1.29, 1.82) is 0 Å². The molecule has 1 N–H and O–H groups in total. The molecule has 0 radical (unpaired) electrons. The third-order valence-electron chi connectivity index (χ3n) is 6.66. The summed E-state index contributed by atoms with van der Waals surface area (Å²) in [5.74, 6) is 1.82. The van der Waals surface area contributed by atoms with E-state index in [9.17, 15) is 14.7 Å². The molecule has 4 aliphatic carbocycles. The molecular weight excluding hydrogens is 306 g/mol. The molecule has 1 heterocycles. The van der Waals surface area contributed by atoms with Gasteiger partial charge in [-0.1, -0.05) is 0 Å². The van der Waals surface area contributed by atoms with Crippen molar-refractivity contribution in [2.75, 3.05) is 6.54 Å². The van der Waals surface area contributed by atoms with Gasteiger partial charge in [0.15, 0.2) is 0 Å². The first-order valence-electron chi connectivity index (χ1n) is 9.56. The fraction of sp³-hybridized carbons (Fsp3) is 0.895. The van der Waals surface area contributed by atoms with Crippen LogP contribution in [-0.2, 0) is 14.3 Å². The molecule has 1 amide bonds. The molecule has 5 nitrogen and oxygen atoms in total. The van der Waals surface area contributed by atoms with Gasteiger partial charge in [-0.05, 0) is 70.1 Å². The maximum absolute atomic E-state index is 13.5. The van der Waals surface area contributed by atoms with Crippen LogP contribution in [0.3, 0.4) is 0 Å². The predicted octanol–water partition coefficient (Wildman–Crippen LogP) is 2.12. The molecule has 0 unspecified atom stereocenters. The highest BCUT2D eigenvalue weighted by molar-refractivity contribution is 5.89. The first-order valence-corrected chi connectivity index (χ1v) is 9.56. The third-order valence-corrected chi connectivity index (χ3v) is 6.66. The standard InChI is InChI=1S/C19H29NO4/c1-11(2)24-17(22)16-6-15(21)10-20(16)18(23)19-7-12-3-13(8-19)5-14(4-12)9-19/h11-16,21H,3-10H2,1-2H3/t12?,13?,14?,15-,16-,19?/m0/s1. The molecule has 1 saturated heterocycles. The number of aliphatic hydroxyl groups excluding tert-OH is 1. The lowest BCUT2D eigenvalue weighted by Gasteiger charge is -2.56. The topological polar surface area (TPSA) is 66.8 Å². The van der Waals surface area contributed by atoms with Crippen LogP contribution in [0.2, 0.25) is 0 Å². The number of rotatable bonds is 3. The second kappa shape index (κ2) is 5.72. The highest BCUT2D eigenvalue weighted by Gasteiger charge is 2.57. The van der Waals surface area contributed by atoms with Crippen LogP contribution in [0, 0.1) is 23.2 Å². The number of β-amino-alcohol motifs (C(OH)–C–C–N with tert-alkyl or cyclic N) is 1. The molecule has 5 rings (SSSR count). The second-order valence-corrected chi connectivity index (χ2v) is 9.05. The molecule has 1 aliphatic heterocycles. The predicted molar refractivity (Wildman–Crippen MR) is 88.0 cm³/mol. The zero-order valence-electron chi connectivity index (χ0n) is 14.7. The molecule has 5 fully saturated rings. The summed E-state index contributed by atoms with van der Waals surface area (Å²) in [5.41, 5.74) is -0.269. The van der Waals surface area contributed by atoms with Gasteiger partial charge in [0.1, 0.15) is 6.04 Å². The second-order valence-electron chi connectivity index (χ2n) is 9.05. The highest BCUT2D eigenvalue weighted by atomic mass is 16.5. The van der Waals surface area contributed by atoms with Crippen molar-refractivity contribution >= 4 is 11.9 Å². The SMILES string of the molecule is CC(C)OC(=O)[C@@H]1C[C@H](O)CN1C(=O)C12CC3CC(CC(C3)C1)C2. The van der Waals surface area contributed by atoms with Gasteiger partial charge in [-0.2, -0.15) is 0 Å². The van der Waals surface area contributed by atoms with E-state index in [2.05, 4.69) is 0 Å². The number of nitrogens with zero attached hydrogens (tertiary/aromatic N) is 1. The van der Waals surface area contributed by atoms with Crippen LogP contribution < -0.4 is 0 Å². The Balaban J connectivity index is 1.55. The van der Waals surface area contributed by atoms with Gasteiger partial charge in [0.25, 0.3) is 0 Å². The van der Waals surface area contributed by atoms with Gasteiger partial charge in [0.05, 0.1) is 17.6 Å². The van der Waals surface area contributed by atoms with Gasteiger partial charge in [0.2, 0.25) is 5.91 Å². The lowest BCUT2D eigenvalue weighted by Crippen LogP contribution is -2.56. The molecule has 24 heavy (non-hydrogen) atoms. The molecule has 0 spiro atoms. The van der Waals surface area contributed by atoms with Crippen molar-refractivity contribution in [3.63, 3.8) is 0 Å². The summed E-state index contributed by atoms with van der Waals surface area (Å²) in [6.45, 7) is 3.90. The molecular formula is C19H29NO4. The van der Waals surface area contributed by atoms with E-state index in [1.165, 1.54) is 19.3 Å². The van der Waals surface area contributed by atoms with Crippen molar-refractivity contribution in [1.82, 2.24) is 4.90 Å². The largest absolute Gasteiger partial charge is 0.461 e. The monoisotopic (exact) mass is 335 g/mol. The molecule has 5 aliphatic rings. The summed E-state index contributed by atoms with van der Waals surface area (Å²) in [7, 11) is 0. The zero-order valence-corrected chi connectivity index (χ0v) is 14.7. The van der Waals surface area contributed by atoms with E-state index in [1.807, 2.05) is 13.8 Å². The minimum absolute atomic E-state index is 0.115. The number of hydrogen-bond acceptors (Lipinski definition) is 4. The van der Waals surface area contributed by atoms with Crippen molar-refractivity contribution in [2.24, 2.45) is 23.2 Å². The maximum Gasteiger partial charge on any atom is 0.329 e. The van der Waals surface area contributed by atoms with Crippen LogP contribution in [0.4, 0.5) is 0 Å². The van der Waals surface area contributed by atoms with E-state index < -0.39 is 12.1 Å². The summed E-state index contributed by atoms with van der Waals surface area (Å²) in [4.78, 5) is 27.5. The average molecular weight is 335 g/mol. The lowest BCUT2D eigenvalue weighted by atomic mass is 9.49. The maximum atomic E-state index is 13.5. The Morgan fingerprint density at radius 3 is 2.08 bits per heavy atom. The van der Waals surface area contributed by atoms with Gasteiger partial charge in [0, 0.05) is 13.0 Å². The van der Waals surface area contributed by atoms with E-state index in [-0.39, 0.29) is 29.9 Å². The smallest absolute Gasteiger partial charge is 0.329 e. The Labute approximate surface area is 143 Å².